The molecule has 0 aromatic heterocycles. The van der Waals surface area contributed by atoms with Gasteiger partial charge >= 0.3 is 0 Å². The third kappa shape index (κ3) is 0.686. The summed E-state index contributed by atoms with van der Waals surface area (Å²) in [6.45, 7) is 0. The van der Waals surface area contributed by atoms with Gasteiger partial charge < -0.3 is 10.2 Å². The summed E-state index contributed by atoms with van der Waals surface area (Å²) in [5.74, 6) is 2.46. The van der Waals surface area contributed by atoms with Gasteiger partial charge in [0, 0.05) is 0 Å². The normalized spacial score (nSPS) is 62.5. The Morgan fingerprint density at radius 1 is 0.667 bits per heavy atom. The molecule has 3 saturated carbocycles. The van der Waals surface area contributed by atoms with Gasteiger partial charge in [-0.15, -0.1) is 0 Å². The van der Waals surface area contributed by atoms with Gasteiger partial charge in [-0.05, 0) is 49.4 Å². The van der Waals surface area contributed by atoms with Gasteiger partial charge in [-0.3, -0.25) is 0 Å². The molecule has 12 heavy (non-hydrogen) atoms. The molecule has 0 aliphatic heterocycles. The highest BCUT2D eigenvalue weighted by atomic mass is 16.3. The van der Waals surface area contributed by atoms with E-state index in [1.807, 2.05) is 0 Å². The second kappa shape index (κ2) is 2.24. The molecule has 2 heteroatoms. The maximum atomic E-state index is 9.67. The molecular formula is C10H16O2. The van der Waals surface area contributed by atoms with Crippen LogP contribution in [-0.4, -0.2) is 22.4 Å². The van der Waals surface area contributed by atoms with Gasteiger partial charge in [0.05, 0.1) is 12.2 Å². The van der Waals surface area contributed by atoms with Crippen LogP contribution in [0.3, 0.4) is 0 Å². The van der Waals surface area contributed by atoms with Crippen molar-refractivity contribution in [1.29, 1.82) is 0 Å². The molecule has 0 spiro atoms. The van der Waals surface area contributed by atoms with E-state index in [0.717, 1.165) is 25.7 Å². The SMILES string of the molecule is O[C@@H]1CCC2C1C1CC[C@H](O)C21. The van der Waals surface area contributed by atoms with E-state index < -0.39 is 0 Å². The summed E-state index contributed by atoms with van der Waals surface area (Å²) < 4.78 is 0. The first-order valence-corrected chi connectivity index (χ1v) is 5.15. The fraction of sp³-hybridized carbons (Fsp3) is 1.00. The molecule has 3 aliphatic carbocycles. The van der Waals surface area contributed by atoms with Crippen LogP contribution in [0.4, 0.5) is 0 Å². The van der Waals surface area contributed by atoms with E-state index in [1.165, 1.54) is 0 Å². The van der Waals surface area contributed by atoms with Crippen LogP contribution >= 0.6 is 0 Å². The van der Waals surface area contributed by atoms with E-state index in [9.17, 15) is 10.2 Å². The lowest BCUT2D eigenvalue weighted by molar-refractivity contribution is -0.0743. The predicted octanol–water partition coefficient (Wildman–Crippen LogP) is 0.774. The van der Waals surface area contributed by atoms with Gasteiger partial charge in [0.25, 0.3) is 0 Å². The Morgan fingerprint density at radius 2 is 1.08 bits per heavy atom. The molecule has 0 bridgehead atoms. The van der Waals surface area contributed by atoms with Gasteiger partial charge in [0.2, 0.25) is 0 Å². The highest BCUT2D eigenvalue weighted by Gasteiger charge is 2.60. The Hall–Kier alpha value is -0.0800. The average molecular weight is 168 g/mol. The highest BCUT2D eigenvalue weighted by Crippen LogP contribution is 2.61. The average Bonchev–Trinajstić information content (AvgIpc) is 2.41. The smallest absolute Gasteiger partial charge is 0.0574 e. The number of fused-ring (bicyclic) bond motifs is 4. The van der Waals surface area contributed by atoms with Gasteiger partial charge in [-0.1, -0.05) is 0 Å². The predicted molar refractivity (Wildman–Crippen MR) is 44.4 cm³/mol. The maximum absolute atomic E-state index is 9.67. The largest absolute Gasteiger partial charge is 0.393 e. The van der Waals surface area contributed by atoms with E-state index in [1.54, 1.807) is 0 Å². The minimum atomic E-state index is -0.0402. The first-order chi connectivity index (χ1) is 5.79. The number of aliphatic hydroxyl groups is 2. The quantitative estimate of drug-likeness (QED) is 0.561. The van der Waals surface area contributed by atoms with Gasteiger partial charge in [-0.25, -0.2) is 0 Å². The van der Waals surface area contributed by atoms with Gasteiger partial charge in [0.1, 0.15) is 0 Å². The molecule has 0 radical (unpaired) electrons. The Bertz CT molecular complexity index is 174. The molecule has 2 N–H and O–H groups in total. The molecule has 2 nitrogen and oxygen atoms in total. The van der Waals surface area contributed by atoms with Crippen LogP contribution < -0.4 is 0 Å². The van der Waals surface area contributed by atoms with Crippen LogP contribution in [-0.2, 0) is 0 Å². The second-order valence-corrected chi connectivity index (χ2v) is 4.77. The number of rotatable bonds is 0. The van der Waals surface area contributed by atoms with E-state index in [0.29, 0.717) is 23.7 Å². The van der Waals surface area contributed by atoms with Gasteiger partial charge in [0.15, 0.2) is 0 Å². The summed E-state index contributed by atoms with van der Waals surface area (Å²) in [5.41, 5.74) is 0. The van der Waals surface area contributed by atoms with Crippen molar-refractivity contribution < 1.29 is 10.2 Å². The monoisotopic (exact) mass is 168 g/mol. The van der Waals surface area contributed by atoms with E-state index in [2.05, 4.69) is 0 Å². The van der Waals surface area contributed by atoms with Crippen molar-refractivity contribution in [2.45, 2.75) is 37.9 Å². The fourth-order valence-corrected chi connectivity index (χ4v) is 4.03. The van der Waals surface area contributed by atoms with E-state index >= 15 is 0 Å². The van der Waals surface area contributed by atoms with Crippen molar-refractivity contribution in [3.8, 4) is 0 Å². The van der Waals surface area contributed by atoms with Crippen LogP contribution in [0.1, 0.15) is 25.7 Å². The van der Waals surface area contributed by atoms with Crippen molar-refractivity contribution >= 4 is 0 Å². The lowest BCUT2D eigenvalue weighted by Gasteiger charge is -2.47. The third-order valence-corrected chi connectivity index (χ3v) is 4.46. The number of hydrogen-bond donors (Lipinski definition) is 2. The third-order valence-electron chi connectivity index (χ3n) is 4.46. The Morgan fingerprint density at radius 3 is 1.50 bits per heavy atom. The molecule has 3 rings (SSSR count). The molecule has 0 saturated heterocycles. The standard InChI is InChI=1S/C10H16O2/c11-7-3-1-5-9(7)6-2-4-8(12)10(5)6/h5-12H,1-4H2/t5?,6?,7-,8+,9?,10?. The Balaban J connectivity index is 1.83. The van der Waals surface area contributed by atoms with Gasteiger partial charge in [-0.2, -0.15) is 0 Å². The molecule has 6 atom stereocenters. The highest BCUT2D eigenvalue weighted by molar-refractivity contribution is 5.09. The Kier molecular flexibility index (Phi) is 1.37. The molecule has 0 amide bonds. The van der Waals surface area contributed by atoms with Crippen LogP contribution in [0.2, 0.25) is 0 Å². The zero-order valence-electron chi connectivity index (χ0n) is 7.19. The zero-order valence-corrected chi connectivity index (χ0v) is 7.19. The summed E-state index contributed by atoms with van der Waals surface area (Å²) in [6, 6.07) is 0. The molecule has 3 aliphatic rings. The van der Waals surface area contributed by atoms with Crippen molar-refractivity contribution in [2.24, 2.45) is 23.7 Å². The summed E-state index contributed by atoms with van der Waals surface area (Å²) in [7, 11) is 0. The fourth-order valence-electron chi connectivity index (χ4n) is 4.03. The molecule has 3 fully saturated rings. The minimum absolute atomic E-state index is 0.0402. The number of aliphatic hydroxyl groups excluding tert-OH is 2. The summed E-state index contributed by atoms with van der Waals surface area (Å²) in [4.78, 5) is 0. The summed E-state index contributed by atoms with van der Waals surface area (Å²) in [5, 5.41) is 19.3. The molecular weight excluding hydrogens is 152 g/mol. The first-order valence-electron chi connectivity index (χ1n) is 5.15. The zero-order chi connectivity index (χ0) is 8.29. The molecule has 0 aromatic carbocycles. The first kappa shape index (κ1) is 7.34. The molecule has 0 aromatic rings. The summed E-state index contributed by atoms with van der Waals surface area (Å²) >= 11 is 0. The van der Waals surface area contributed by atoms with Crippen molar-refractivity contribution in [3.63, 3.8) is 0 Å². The maximum Gasteiger partial charge on any atom is 0.0574 e. The Labute approximate surface area is 72.6 Å². The van der Waals surface area contributed by atoms with Crippen LogP contribution in [0.5, 0.6) is 0 Å². The van der Waals surface area contributed by atoms with Crippen LogP contribution in [0.15, 0.2) is 0 Å². The minimum Gasteiger partial charge on any atom is -0.393 e. The van der Waals surface area contributed by atoms with Crippen molar-refractivity contribution in [1.82, 2.24) is 0 Å². The molecule has 68 valence electrons. The van der Waals surface area contributed by atoms with Crippen molar-refractivity contribution in [2.75, 3.05) is 0 Å². The second-order valence-electron chi connectivity index (χ2n) is 4.77. The topological polar surface area (TPSA) is 40.5 Å². The molecule has 4 unspecified atom stereocenters. The lowest BCUT2D eigenvalue weighted by atomic mass is 9.59. The molecule has 0 heterocycles. The lowest BCUT2D eigenvalue weighted by Crippen LogP contribution is -2.48. The number of hydrogen-bond acceptors (Lipinski definition) is 2. The van der Waals surface area contributed by atoms with Crippen LogP contribution in [0, 0.1) is 23.7 Å². The summed E-state index contributed by atoms with van der Waals surface area (Å²) in [6.07, 6.45) is 4.20. The van der Waals surface area contributed by atoms with E-state index in [4.69, 9.17) is 0 Å². The van der Waals surface area contributed by atoms with Crippen molar-refractivity contribution in [3.05, 3.63) is 0 Å². The van der Waals surface area contributed by atoms with E-state index in [-0.39, 0.29) is 12.2 Å². The van der Waals surface area contributed by atoms with Crippen LogP contribution in [0.25, 0.3) is 0 Å².